The molecule has 3 nitrogen and oxygen atoms in total. The summed E-state index contributed by atoms with van der Waals surface area (Å²) in [6, 6.07) is 4.12. The highest BCUT2D eigenvalue weighted by Gasteiger charge is 2.22. The summed E-state index contributed by atoms with van der Waals surface area (Å²) in [7, 11) is 0. The second-order valence-electron chi connectivity index (χ2n) is 4.04. The van der Waals surface area contributed by atoms with Gasteiger partial charge in [-0.15, -0.1) is 12.4 Å². The standard InChI is InChI=1S/C11H11Cl2N3.ClH/c1-6-11-7-2-3-8(12)9(13)10(7)15-16(11)5-4-14-6;/h2-3,6,14H,4-5H2,1H3;1H. The van der Waals surface area contributed by atoms with Gasteiger partial charge in [0.1, 0.15) is 5.52 Å². The monoisotopic (exact) mass is 291 g/mol. The first-order chi connectivity index (χ1) is 7.68. The van der Waals surface area contributed by atoms with E-state index in [1.807, 2.05) is 16.8 Å². The quantitative estimate of drug-likeness (QED) is 0.806. The number of aromatic nitrogens is 2. The molecule has 6 heteroatoms. The summed E-state index contributed by atoms with van der Waals surface area (Å²) in [6.07, 6.45) is 0. The number of nitrogens with zero attached hydrogens (tertiary/aromatic N) is 2. The van der Waals surface area contributed by atoms with Crippen LogP contribution in [0.1, 0.15) is 18.7 Å². The van der Waals surface area contributed by atoms with Crippen LogP contribution in [0.2, 0.25) is 10.0 Å². The van der Waals surface area contributed by atoms with Crippen LogP contribution in [0, 0.1) is 0 Å². The summed E-state index contributed by atoms with van der Waals surface area (Å²) in [5, 5.41) is 10.1. The number of benzene rings is 1. The van der Waals surface area contributed by atoms with Crippen LogP contribution in [0.25, 0.3) is 10.9 Å². The van der Waals surface area contributed by atoms with Gasteiger partial charge in [-0.3, -0.25) is 4.68 Å². The Labute approximate surface area is 115 Å². The van der Waals surface area contributed by atoms with Gasteiger partial charge in [-0.05, 0) is 19.1 Å². The smallest absolute Gasteiger partial charge is 0.113 e. The molecule has 1 unspecified atom stereocenters. The first-order valence-corrected chi connectivity index (χ1v) is 6.02. The van der Waals surface area contributed by atoms with E-state index in [0.29, 0.717) is 16.1 Å². The van der Waals surface area contributed by atoms with Gasteiger partial charge in [0.15, 0.2) is 0 Å². The molecule has 1 aromatic carbocycles. The molecule has 2 heterocycles. The average molecular weight is 293 g/mol. The average Bonchev–Trinajstić information content (AvgIpc) is 2.64. The predicted octanol–water partition coefficient (Wildman–Crippen LogP) is 3.43. The Balaban J connectivity index is 0.00000108. The first-order valence-electron chi connectivity index (χ1n) is 5.26. The lowest BCUT2D eigenvalue weighted by Gasteiger charge is -2.21. The molecular weight excluding hydrogens is 281 g/mol. The number of halogens is 3. The van der Waals surface area contributed by atoms with Gasteiger partial charge >= 0.3 is 0 Å². The zero-order valence-corrected chi connectivity index (χ0v) is 11.5. The van der Waals surface area contributed by atoms with Gasteiger partial charge in [0.2, 0.25) is 0 Å². The lowest BCUT2D eigenvalue weighted by molar-refractivity contribution is 0.423. The van der Waals surface area contributed by atoms with Crippen molar-refractivity contribution in [3.05, 3.63) is 27.9 Å². The maximum absolute atomic E-state index is 6.17. The molecule has 0 spiro atoms. The molecule has 1 aliphatic heterocycles. The third-order valence-corrected chi connectivity index (χ3v) is 3.82. The Bertz CT molecular complexity index is 565. The fourth-order valence-corrected chi connectivity index (χ4v) is 2.62. The molecule has 0 radical (unpaired) electrons. The third-order valence-electron chi connectivity index (χ3n) is 3.03. The van der Waals surface area contributed by atoms with E-state index >= 15 is 0 Å². The number of rotatable bonds is 0. The van der Waals surface area contributed by atoms with E-state index in [0.717, 1.165) is 24.0 Å². The van der Waals surface area contributed by atoms with Gasteiger partial charge in [0.25, 0.3) is 0 Å². The Hall–Kier alpha value is -0.480. The predicted molar refractivity (Wildman–Crippen MR) is 73.4 cm³/mol. The van der Waals surface area contributed by atoms with E-state index in [1.54, 1.807) is 0 Å². The maximum Gasteiger partial charge on any atom is 0.113 e. The number of fused-ring (bicyclic) bond motifs is 3. The highest BCUT2D eigenvalue weighted by molar-refractivity contribution is 6.45. The lowest BCUT2D eigenvalue weighted by Crippen LogP contribution is -2.31. The Morgan fingerprint density at radius 1 is 1.41 bits per heavy atom. The minimum absolute atomic E-state index is 0. The third kappa shape index (κ3) is 1.91. The van der Waals surface area contributed by atoms with E-state index in [2.05, 4.69) is 17.3 Å². The fourth-order valence-electron chi connectivity index (χ4n) is 2.27. The maximum atomic E-state index is 6.17. The minimum atomic E-state index is 0. The van der Waals surface area contributed by atoms with Crippen LogP contribution >= 0.6 is 35.6 Å². The topological polar surface area (TPSA) is 29.9 Å². The molecule has 0 aliphatic carbocycles. The molecule has 0 saturated carbocycles. The van der Waals surface area contributed by atoms with Crippen molar-refractivity contribution in [2.75, 3.05) is 6.54 Å². The summed E-state index contributed by atoms with van der Waals surface area (Å²) >= 11 is 12.2. The molecule has 1 atom stereocenters. The molecule has 0 amide bonds. The van der Waals surface area contributed by atoms with E-state index < -0.39 is 0 Å². The molecule has 2 aromatic rings. The molecule has 0 saturated heterocycles. The summed E-state index contributed by atoms with van der Waals surface area (Å²) in [6.45, 7) is 3.95. The molecule has 1 aromatic heterocycles. The van der Waals surface area contributed by atoms with Crippen molar-refractivity contribution in [3.8, 4) is 0 Å². The van der Waals surface area contributed by atoms with Crippen LogP contribution in [0.15, 0.2) is 12.1 Å². The number of hydrogen-bond acceptors (Lipinski definition) is 2. The van der Waals surface area contributed by atoms with Crippen molar-refractivity contribution >= 4 is 46.5 Å². The van der Waals surface area contributed by atoms with Crippen molar-refractivity contribution in [2.24, 2.45) is 0 Å². The van der Waals surface area contributed by atoms with Crippen LogP contribution in [-0.2, 0) is 6.54 Å². The van der Waals surface area contributed by atoms with Crippen LogP contribution in [0.3, 0.4) is 0 Å². The minimum Gasteiger partial charge on any atom is -0.307 e. The van der Waals surface area contributed by atoms with E-state index in [-0.39, 0.29) is 12.4 Å². The lowest BCUT2D eigenvalue weighted by atomic mass is 10.1. The summed E-state index contributed by atoms with van der Waals surface area (Å²) in [4.78, 5) is 0. The van der Waals surface area contributed by atoms with E-state index in [1.165, 1.54) is 5.69 Å². The summed E-state index contributed by atoms with van der Waals surface area (Å²) in [5.41, 5.74) is 2.00. The number of hydrogen-bond donors (Lipinski definition) is 1. The van der Waals surface area contributed by atoms with Crippen molar-refractivity contribution in [1.29, 1.82) is 0 Å². The molecule has 3 rings (SSSR count). The van der Waals surface area contributed by atoms with Gasteiger partial charge in [-0.25, -0.2) is 0 Å². The van der Waals surface area contributed by atoms with Gasteiger partial charge in [-0.2, -0.15) is 5.10 Å². The SMILES string of the molecule is CC1NCCn2nc3c(Cl)c(Cl)ccc3c21.Cl. The molecule has 0 bridgehead atoms. The second-order valence-corrected chi connectivity index (χ2v) is 4.83. The highest BCUT2D eigenvalue weighted by Crippen LogP contribution is 2.34. The molecule has 0 fully saturated rings. The van der Waals surface area contributed by atoms with Crippen molar-refractivity contribution in [2.45, 2.75) is 19.5 Å². The largest absolute Gasteiger partial charge is 0.307 e. The summed E-state index contributed by atoms with van der Waals surface area (Å²) in [5.74, 6) is 0. The van der Waals surface area contributed by atoms with Crippen molar-refractivity contribution in [1.82, 2.24) is 15.1 Å². The van der Waals surface area contributed by atoms with Crippen LogP contribution in [-0.4, -0.2) is 16.3 Å². The van der Waals surface area contributed by atoms with E-state index in [4.69, 9.17) is 23.2 Å². The van der Waals surface area contributed by atoms with Gasteiger partial charge in [0, 0.05) is 18.0 Å². The van der Waals surface area contributed by atoms with Crippen LogP contribution in [0.4, 0.5) is 0 Å². The molecule has 17 heavy (non-hydrogen) atoms. The van der Waals surface area contributed by atoms with Gasteiger partial charge in [-0.1, -0.05) is 23.2 Å². The zero-order chi connectivity index (χ0) is 11.3. The Morgan fingerprint density at radius 2 is 2.18 bits per heavy atom. The summed E-state index contributed by atoms with van der Waals surface area (Å²) < 4.78 is 2.02. The molecule has 1 aliphatic rings. The van der Waals surface area contributed by atoms with Crippen molar-refractivity contribution < 1.29 is 0 Å². The highest BCUT2D eigenvalue weighted by atomic mass is 35.5. The normalized spacial score (nSPS) is 18.9. The molecule has 92 valence electrons. The van der Waals surface area contributed by atoms with Crippen LogP contribution < -0.4 is 5.32 Å². The van der Waals surface area contributed by atoms with E-state index in [9.17, 15) is 0 Å². The van der Waals surface area contributed by atoms with Crippen molar-refractivity contribution in [3.63, 3.8) is 0 Å². The van der Waals surface area contributed by atoms with Gasteiger partial charge in [0.05, 0.1) is 22.3 Å². The second kappa shape index (κ2) is 4.65. The zero-order valence-electron chi connectivity index (χ0n) is 9.20. The van der Waals surface area contributed by atoms with Gasteiger partial charge < -0.3 is 5.32 Å². The molecule has 1 N–H and O–H groups in total. The number of nitrogens with one attached hydrogen (secondary N) is 1. The Morgan fingerprint density at radius 3 is 2.94 bits per heavy atom. The first kappa shape index (κ1) is 13.0. The van der Waals surface area contributed by atoms with Crippen LogP contribution in [0.5, 0.6) is 0 Å². The fraction of sp³-hybridized carbons (Fsp3) is 0.364. The Kier molecular flexibility index (Phi) is 3.55. The molecular formula is C11H12Cl3N3.